The van der Waals surface area contributed by atoms with Crippen LogP contribution in [0.2, 0.25) is 0 Å². The lowest BCUT2D eigenvalue weighted by Crippen LogP contribution is -1.99. The summed E-state index contributed by atoms with van der Waals surface area (Å²) >= 11 is 4.77. The fourth-order valence-electron chi connectivity index (χ4n) is 0.781. The van der Waals surface area contributed by atoms with E-state index in [0.29, 0.717) is 9.13 Å². The van der Waals surface area contributed by atoms with Gasteiger partial charge in [-0.3, -0.25) is 0 Å². The zero-order chi connectivity index (χ0) is 10.0. The van der Waals surface area contributed by atoms with E-state index in [-0.39, 0.29) is 16.9 Å². The maximum atomic E-state index is 12.3. The van der Waals surface area contributed by atoms with Gasteiger partial charge in [0.1, 0.15) is 10.3 Å². The highest BCUT2D eigenvalue weighted by Gasteiger charge is 2.15. The molecular weight excluding hydrogens is 359 g/mol. The Balaban J connectivity index is 3.20. The number of alkyl halides is 2. The minimum Gasteiger partial charge on any atom is -0.392 e. The molecule has 6 heteroatoms. The molecule has 1 heterocycles. The third-order valence-electron chi connectivity index (χ3n) is 1.41. The summed E-state index contributed by atoms with van der Waals surface area (Å²) in [7, 11) is 0. The Bertz CT molecular complexity index is 322. The standard InChI is InChI=1S/C7H5BrF2INO/c8-6-3(2-13)1-4(11)5(12-6)7(9)10/h1,7,13H,2H2. The van der Waals surface area contributed by atoms with Crippen molar-refractivity contribution in [2.24, 2.45) is 0 Å². The number of rotatable bonds is 2. The number of halogens is 4. The summed E-state index contributed by atoms with van der Waals surface area (Å²) in [5.74, 6) is 0. The Morgan fingerprint density at radius 3 is 2.69 bits per heavy atom. The molecule has 72 valence electrons. The van der Waals surface area contributed by atoms with Crippen molar-refractivity contribution in [2.75, 3.05) is 0 Å². The van der Waals surface area contributed by atoms with E-state index in [1.54, 1.807) is 22.6 Å². The van der Waals surface area contributed by atoms with Crippen LogP contribution in [0, 0.1) is 3.57 Å². The zero-order valence-corrected chi connectivity index (χ0v) is 10.0. The Morgan fingerprint density at radius 1 is 1.62 bits per heavy atom. The molecule has 0 atom stereocenters. The van der Waals surface area contributed by atoms with E-state index in [1.807, 2.05) is 0 Å². The van der Waals surface area contributed by atoms with Crippen molar-refractivity contribution in [2.45, 2.75) is 13.0 Å². The summed E-state index contributed by atoms with van der Waals surface area (Å²) < 4.78 is 25.2. The molecule has 1 aromatic heterocycles. The second kappa shape index (κ2) is 4.61. The summed E-state index contributed by atoms with van der Waals surface area (Å²) in [5.41, 5.74) is 0.249. The second-order valence-electron chi connectivity index (χ2n) is 2.26. The number of aromatic nitrogens is 1. The first-order chi connectivity index (χ1) is 6.06. The van der Waals surface area contributed by atoms with E-state index in [1.165, 1.54) is 6.07 Å². The molecule has 2 nitrogen and oxygen atoms in total. The molecule has 0 radical (unpaired) electrons. The van der Waals surface area contributed by atoms with Gasteiger partial charge in [0.2, 0.25) is 0 Å². The molecule has 1 aromatic rings. The van der Waals surface area contributed by atoms with Gasteiger partial charge in [-0.25, -0.2) is 13.8 Å². The van der Waals surface area contributed by atoms with E-state index < -0.39 is 6.43 Å². The van der Waals surface area contributed by atoms with Crippen LogP contribution in [0.3, 0.4) is 0 Å². The summed E-state index contributed by atoms with van der Waals surface area (Å²) in [5, 5.41) is 8.81. The molecule has 0 amide bonds. The van der Waals surface area contributed by atoms with Crippen LogP contribution in [0.15, 0.2) is 10.7 Å². The molecule has 1 N–H and O–H groups in total. The predicted molar refractivity (Wildman–Crippen MR) is 55.5 cm³/mol. The van der Waals surface area contributed by atoms with Gasteiger partial charge in [-0.15, -0.1) is 0 Å². The number of pyridine rings is 1. The quantitative estimate of drug-likeness (QED) is 0.647. The molecule has 13 heavy (non-hydrogen) atoms. The highest BCUT2D eigenvalue weighted by atomic mass is 127. The van der Waals surface area contributed by atoms with Crippen molar-refractivity contribution >= 4 is 38.5 Å². The van der Waals surface area contributed by atoms with Crippen LogP contribution in [-0.4, -0.2) is 10.1 Å². The Hall–Kier alpha value is 0.180. The van der Waals surface area contributed by atoms with Crippen molar-refractivity contribution in [3.63, 3.8) is 0 Å². The zero-order valence-electron chi connectivity index (χ0n) is 6.27. The summed E-state index contributed by atoms with van der Waals surface area (Å²) in [4.78, 5) is 3.64. The molecule has 0 aliphatic rings. The van der Waals surface area contributed by atoms with Crippen LogP contribution < -0.4 is 0 Å². The maximum Gasteiger partial charge on any atom is 0.281 e. The molecular formula is C7H5BrF2INO. The third kappa shape index (κ3) is 2.57. The van der Waals surface area contributed by atoms with Crippen LogP contribution in [0.1, 0.15) is 17.7 Å². The van der Waals surface area contributed by atoms with Gasteiger partial charge in [0.05, 0.1) is 6.61 Å². The fraction of sp³-hybridized carbons (Fsp3) is 0.286. The van der Waals surface area contributed by atoms with Gasteiger partial charge in [-0.1, -0.05) is 0 Å². The monoisotopic (exact) mass is 363 g/mol. The highest BCUT2D eigenvalue weighted by molar-refractivity contribution is 14.1. The Morgan fingerprint density at radius 2 is 2.23 bits per heavy atom. The predicted octanol–water partition coefficient (Wildman–Crippen LogP) is 2.88. The first-order valence-electron chi connectivity index (χ1n) is 3.30. The summed E-state index contributed by atoms with van der Waals surface area (Å²) in [6, 6.07) is 1.49. The van der Waals surface area contributed by atoms with Crippen LogP contribution in [0.4, 0.5) is 8.78 Å². The number of hydrogen-bond acceptors (Lipinski definition) is 2. The smallest absolute Gasteiger partial charge is 0.281 e. The van der Waals surface area contributed by atoms with E-state index in [0.717, 1.165) is 0 Å². The van der Waals surface area contributed by atoms with Crippen molar-refractivity contribution in [3.05, 3.63) is 25.5 Å². The van der Waals surface area contributed by atoms with Crippen LogP contribution in [0.5, 0.6) is 0 Å². The molecule has 0 bridgehead atoms. The Kier molecular flexibility index (Phi) is 3.99. The molecule has 0 aliphatic carbocycles. The van der Waals surface area contributed by atoms with E-state index in [4.69, 9.17) is 5.11 Å². The molecule has 0 saturated heterocycles. The van der Waals surface area contributed by atoms with Crippen LogP contribution in [-0.2, 0) is 6.61 Å². The lowest BCUT2D eigenvalue weighted by molar-refractivity contribution is 0.144. The average Bonchev–Trinajstić information content (AvgIpc) is 2.07. The van der Waals surface area contributed by atoms with Gasteiger partial charge in [0.15, 0.2) is 0 Å². The maximum absolute atomic E-state index is 12.3. The topological polar surface area (TPSA) is 33.1 Å². The number of hydrogen-bond donors (Lipinski definition) is 1. The molecule has 0 unspecified atom stereocenters. The average molecular weight is 364 g/mol. The van der Waals surface area contributed by atoms with Gasteiger partial charge in [-0.2, -0.15) is 0 Å². The van der Waals surface area contributed by atoms with Crippen molar-refractivity contribution in [3.8, 4) is 0 Å². The first-order valence-corrected chi connectivity index (χ1v) is 5.17. The Labute approximate surface area is 95.6 Å². The molecule has 0 spiro atoms. The van der Waals surface area contributed by atoms with Crippen molar-refractivity contribution < 1.29 is 13.9 Å². The van der Waals surface area contributed by atoms with Crippen molar-refractivity contribution in [1.29, 1.82) is 0 Å². The first kappa shape index (κ1) is 11.3. The van der Waals surface area contributed by atoms with Crippen LogP contribution >= 0.6 is 38.5 Å². The number of aliphatic hydroxyl groups excluding tert-OH is 1. The summed E-state index contributed by atoms with van der Waals surface area (Å²) in [6.45, 7) is -0.215. The third-order valence-corrected chi connectivity index (χ3v) is 2.96. The lowest BCUT2D eigenvalue weighted by atomic mass is 10.2. The lowest BCUT2D eigenvalue weighted by Gasteiger charge is -2.06. The van der Waals surface area contributed by atoms with E-state index in [9.17, 15) is 8.78 Å². The highest BCUT2D eigenvalue weighted by Crippen LogP contribution is 2.26. The van der Waals surface area contributed by atoms with Gasteiger partial charge >= 0.3 is 0 Å². The van der Waals surface area contributed by atoms with E-state index in [2.05, 4.69) is 20.9 Å². The minimum absolute atomic E-state index is 0.215. The fourth-order valence-corrected chi connectivity index (χ4v) is 1.94. The minimum atomic E-state index is -2.59. The van der Waals surface area contributed by atoms with Gasteiger partial charge in [0, 0.05) is 9.13 Å². The molecule has 0 aromatic carbocycles. The van der Waals surface area contributed by atoms with Gasteiger partial charge < -0.3 is 5.11 Å². The van der Waals surface area contributed by atoms with Crippen molar-refractivity contribution in [1.82, 2.24) is 4.98 Å². The normalized spacial score (nSPS) is 10.9. The number of aliphatic hydroxyl groups is 1. The second-order valence-corrected chi connectivity index (χ2v) is 4.18. The SMILES string of the molecule is OCc1cc(I)c(C(F)F)nc1Br. The van der Waals surface area contributed by atoms with E-state index >= 15 is 0 Å². The molecule has 0 fully saturated rings. The molecule has 0 aliphatic heterocycles. The van der Waals surface area contributed by atoms with Gasteiger partial charge in [-0.05, 0) is 44.6 Å². The summed E-state index contributed by atoms with van der Waals surface area (Å²) in [6.07, 6.45) is -2.59. The number of nitrogens with zero attached hydrogens (tertiary/aromatic N) is 1. The van der Waals surface area contributed by atoms with Crippen LogP contribution in [0.25, 0.3) is 0 Å². The molecule has 1 rings (SSSR count). The molecule has 0 saturated carbocycles. The van der Waals surface area contributed by atoms with Gasteiger partial charge in [0.25, 0.3) is 6.43 Å². The largest absolute Gasteiger partial charge is 0.392 e.